The highest BCUT2D eigenvalue weighted by Crippen LogP contribution is 2.26. The zero-order valence-electron chi connectivity index (χ0n) is 22.9. The molecule has 1 fully saturated rings. The van der Waals surface area contributed by atoms with Crippen molar-refractivity contribution in [2.24, 2.45) is 0 Å². The second-order valence-electron chi connectivity index (χ2n) is 10.2. The summed E-state index contributed by atoms with van der Waals surface area (Å²) in [6, 6.07) is 21.4. The van der Waals surface area contributed by atoms with Crippen LogP contribution in [0.4, 0.5) is 5.69 Å². The predicted molar refractivity (Wildman–Crippen MR) is 159 cm³/mol. The third-order valence-electron chi connectivity index (χ3n) is 7.25. The number of carbonyl (C=O) groups is 2. The quantitative estimate of drug-likeness (QED) is 0.314. The van der Waals surface area contributed by atoms with E-state index in [9.17, 15) is 18.0 Å². The highest BCUT2D eigenvalue weighted by atomic mass is 35.5. The molecule has 1 aliphatic rings. The summed E-state index contributed by atoms with van der Waals surface area (Å²) < 4.78 is 28.7. The van der Waals surface area contributed by atoms with E-state index in [-0.39, 0.29) is 23.4 Å². The van der Waals surface area contributed by atoms with Crippen LogP contribution < -0.4 is 9.62 Å². The first-order valence-corrected chi connectivity index (χ1v) is 15.5. The van der Waals surface area contributed by atoms with Gasteiger partial charge in [0.2, 0.25) is 11.8 Å². The second kappa shape index (κ2) is 13.3. The van der Waals surface area contributed by atoms with Crippen molar-refractivity contribution in [3.8, 4) is 0 Å². The van der Waals surface area contributed by atoms with Gasteiger partial charge in [-0.25, -0.2) is 8.42 Å². The SMILES string of the molecule is CC[C@H](C(=O)NC1CCCC1)N(Cc1cccc(C)c1)C(=O)CN(c1ccc(Cl)cc1)S(=O)(=O)c1ccccc1. The molecule has 0 bridgehead atoms. The summed E-state index contributed by atoms with van der Waals surface area (Å²) in [6.07, 6.45) is 4.38. The number of nitrogens with one attached hydrogen (secondary N) is 1. The average Bonchev–Trinajstić information content (AvgIpc) is 3.45. The molecule has 9 heteroatoms. The first-order valence-electron chi connectivity index (χ1n) is 13.7. The van der Waals surface area contributed by atoms with Crippen LogP contribution in [0.15, 0.2) is 83.8 Å². The maximum absolute atomic E-state index is 14.1. The lowest BCUT2D eigenvalue weighted by molar-refractivity contribution is -0.140. The summed E-state index contributed by atoms with van der Waals surface area (Å²) in [5.74, 6) is -0.677. The highest BCUT2D eigenvalue weighted by Gasteiger charge is 2.34. The molecular formula is C31H36ClN3O4S. The Labute approximate surface area is 242 Å². The average molecular weight is 582 g/mol. The van der Waals surface area contributed by atoms with Gasteiger partial charge in [-0.05, 0) is 68.1 Å². The van der Waals surface area contributed by atoms with E-state index >= 15 is 0 Å². The molecule has 0 aliphatic heterocycles. The number of hydrogen-bond acceptors (Lipinski definition) is 4. The van der Waals surface area contributed by atoms with Gasteiger partial charge in [0.05, 0.1) is 10.6 Å². The molecule has 212 valence electrons. The van der Waals surface area contributed by atoms with Gasteiger partial charge in [-0.15, -0.1) is 0 Å². The fourth-order valence-electron chi connectivity index (χ4n) is 5.15. The minimum Gasteiger partial charge on any atom is -0.352 e. The van der Waals surface area contributed by atoms with Crippen LogP contribution in [0.1, 0.15) is 50.2 Å². The Hall–Kier alpha value is -3.36. The topological polar surface area (TPSA) is 86.8 Å². The Bertz CT molecular complexity index is 1410. The number of halogens is 1. The monoisotopic (exact) mass is 581 g/mol. The van der Waals surface area contributed by atoms with Crippen molar-refractivity contribution in [1.29, 1.82) is 0 Å². The molecule has 0 spiro atoms. The summed E-state index contributed by atoms with van der Waals surface area (Å²) in [5, 5.41) is 3.58. The normalized spacial score (nSPS) is 14.5. The molecule has 3 aromatic rings. The van der Waals surface area contributed by atoms with Gasteiger partial charge >= 0.3 is 0 Å². The van der Waals surface area contributed by atoms with Crippen LogP contribution in [0.2, 0.25) is 5.02 Å². The summed E-state index contributed by atoms with van der Waals surface area (Å²) in [4.78, 5) is 29.2. The molecule has 3 aromatic carbocycles. The summed E-state index contributed by atoms with van der Waals surface area (Å²) in [7, 11) is -4.10. The Kier molecular flexibility index (Phi) is 9.87. The van der Waals surface area contributed by atoms with Crippen LogP contribution >= 0.6 is 11.6 Å². The molecule has 40 heavy (non-hydrogen) atoms. The van der Waals surface area contributed by atoms with Gasteiger partial charge in [0, 0.05) is 17.6 Å². The van der Waals surface area contributed by atoms with Gasteiger partial charge in [0.1, 0.15) is 12.6 Å². The largest absolute Gasteiger partial charge is 0.352 e. The molecule has 0 saturated heterocycles. The van der Waals surface area contributed by atoms with Crippen LogP contribution in [0.3, 0.4) is 0 Å². The van der Waals surface area contributed by atoms with Crippen molar-refractivity contribution < 1.29 is 18.0 Å². The standard InChI is InChI=1S/C31H36ClN3O4S/c1-3-29(31(37)33-26-12-7-8-13-26)34(21-24-11-9-10-23(2)20-24)30(36)22-35(27-18-16-25(32)17-19-27)40(38,39)28-14-5-4-6-15-28/h4-6,9-11,14-20,26,29H,3,7-8,12-13,21-22H2,1-2H3,(H,33,37)/t29-/m1/s1. The molecule has 0 radical (unpaired) electrons. The van der Waals surface area contributed by atoms with Crippen molar-refractivity contribution in [3.05, 3.63) is 95.0 Å². The van der Waals surface area contributed by atoms with Crippen molar-refractivity contribution in [3.63, 3.8) is 0 Å². The third-order valence-corrected chi connectivity index (χ3v) is 9.29. The number of anilines is 1. The number of carbonyl (C=O) groups excluding carboxylic acids is 2. The fourth-order valence-corrected chi connectivity index (χ4v) is 6.71. The maximum Gasteiger partial charge on any atom is 0.264 e. The van der Waals surface area contributed by atoms with Crippen LogP contribution in [0.25, 0.3) is 0 Å². The number of sulfonamides is 1. The molecule has 2 amide bonds. The van der Waals surface area contributed by atoms with E-state index in [4.69, 9.17) is 11.6 Å². The van der Waals surface area contributed by atoms with E-state index < -0.39 is 28.5 Å². The lowest BCUT2D eigenvalue weighted by Crippen LogP contribution is -2.53. The van der Waals surface area contributed by atoms with E-state index in [1.807, 2.05) is 38.1 Å². The molecule has 1 atom stereocenters. The molecule has 1 N–H and O–H groups in total. The maximum atomic E-state index is 14.1. The Balaban J connectivity index is 1.70. The van der Waals surface area contributed by atoms with E-state index in [0.717, 1.165) is 41.1 Å². The van der Waals surface area contributed by atoms with Crippen molar-refractivity contribution >= 4 is 39.1 Å². The van der Waals surface area contributed by atoms with Crippen LogP contribution in [-0.4, -0.2) is 43.8 Å². The zero-order valence-corrected chi connectivity index (χ0v) is 24.5. The van der Waals surface area contributed by atoms with E-state index in [0.29, 0.717) is 17.1 Å². The molecule has 1 aliphatic carbocycles. The summed E-state index contributed by atoms with van der Waals surface area (Å²) >= 11 is 6.08. The van der Waals surface area contributed by atoms with E-state index in [1.165, 1.54) is 17.0 Å². The lowest BCUT2D eigenvalue weighted by Gasteiger charge is -2.34. The van der Waals surface area contributed by atoms with Crippen LogP contribution in [0, 0.1) is 6.92 Å². The number of rotatable bonds is 11. The second-order valence-corrected chi connectivity index (χ2v) is 12.5. The number of nitrogens with zero attached hydrogens (tertiary/aromatic N) is 2. The molecule has 0 heterocycles. The number of benzene rings is 3. The van der Waals surface area contributed by atoms with Gasteiger partial charge in [-0.1, -0.05) is 79.4 Å². The Morgan fingerprint density at radius 3 is 2.27 bits per heavy atom. The molecule has 0 unspecified atom stereocenters. The predicted octanol–water partition coefficient (Wildman–Crippen LogP) is 5.71. The number of aryl methyl sites for hydroxylation is 1. The zero-order chi connectivity index (χ0) is 28.7. The molecule has 1 saturated carbocycles. The van der Waals surface area contributed by atoms with Gasteiger partial charge in [-0.2, -0.15) is 0 Å². The molecule has 0 aromatic heterocycles. The summed E-state index contributed by atoms with van der Waals surface area (Å²) in [6.45, 7) is 3.54. The van der Waals surface area contributed by atoms with Crippen molar-refractivity contribution in [2.45, 2.75) is 69.5 Å². The number of hydrogen-bond donors (Lipinski definition) is 1. The first-order chi connectivity index (χ1) is 19.2. The van der Waals surface area contributed by atoms with Crippen molar-refractivity contribution in [1.82, 2.24) is 10.2 Å². The Morgan fingerprint density at radius 2 is 1.65 bits per heavy atom. The van der Waals surface area contributed by atoms with Crippen molar-refractivity contribution in [2.75, 3.05) is 10.8 Å². The molecule has 4 rings (SSSR count). The van der Waals surface area contributed by atoms with Crippen LogP contribution in [0.5, 0.6) is 0 Å². The Morgan fingerprint density at radius 1 is 0.975 bits per heavy atom. The van der Waals surface area contributed by atoms with Crippen LogP contribution in [-0.2, 0) is 26.2 Å². The smallest absolute Gasteiger partial charge is 0.264 e. The van der Waals surface area contributed by atoms with Gasteiger partial charge in [0.25, 0.3) is 10.0 Å². The minimum absolute atomic E-state index is 0.0639. The fraction of sp³-hybridized carbons (Fsp3) is 0.355. The highest BCUT2D eigenvalue weighted by molar-refractivity contribution is 7.92. The number of amides is 2. The third kappa shape index (κ3) is 7.23. The van der Waals surface area contributed by atoms with Gasteiger partial charge < -0.3 is 10.2 Å². The van der Waals surface area contributed by atoms with E-state index in [2.05, 4.69) is 5.32 Å². The van der Waals surface area contributed by atoms with Gasteiger partial charge in [-0.3, -0.25) is 13.9 Å². The molecule has 7 nitrogen and oxygen atoms in total. The van der Waals surface area contributed by atoms with Gasteiger partial charge in [0.15, 0.2) is 0 Å². The minimum atomic E-state index is -4.10. The summed E-state index contributed by atoms with van der Waals surface area (Å²) in [5.41, 5.74) is 2.20. The van der Waals surface area contributed by atoms with E-state index in [1.54, 1.807) is 42.5 Å². The first kappa shape index (κ1) is 29.6. The lowest BCUT2D eigenvalue weighted by atomic mass is 10.1. The molecular weight excluding hydrogens is 546 g/mol.